The quantitative estimate of drug-likeness (QED) is 0.864. The van der Waals surface area contributed by atoms with E-state index in [2.05, 4.69) is 40.5 Å². The molecule has 3 heterocycles. The van der Waals surface area contributed by atoms with Gasteiger partial charge in [0.05, 0.1) is 6.20 Å². The van der Waals surface area contributed by atoms with Crippen LogP contribution >= 0.6 is 11.5 Å². The molecule has 10 heteroatoms. The van der Waals surface area contributed by atoms with Gasteiger partial charge in [0, 0.05) is 49.3 Å². The van der Waals surface area contributed by atoms with Crippen LogP contribution in [0.3, 0.4) is 0 Å². The lowest BCUT2D eigenvalue weighted by molar-refractivity contribution is 0.329. The van der Waals surface area contributed by atoms with E-state index in [1.807, 2.05) is 0 Å². The molecule has 8 nitrogen and oxygen atoms in total. The van der Waals surface area contributed by atoms with Crippen molar-refractivity contribution in [2.45, 2.75) is 50.0 Å². The number of aryl methyl sites for hydroxylation is 1. The monoisotopic (exact) mass is 384 g/mol. The molecule has 1 saturated heterocycles. The standard InChI is InChI=1S/C15H24N6O2S2/c1-15(2,3)13-18-14(24-19-13)17-11-5-7-21(8-6-11)25(22,23)12-9-16-20(4)10-12/h9-11H,5-8H2,1-4H3,(H,17,18,19). The van der Waals surface area contributed by atoms with Gasteiger partial charge in [0.25, 0.3) is 0 Å². The van der Waals surface area contributed by atoms with Crippen molar-refractivity contribution in [2.75, 3.05) is 18.4 Å². The van der Waals surface area contributed by atoms with Gasteiger partial charge in [-0.15, -0.1) is 0 Å². The molecule has 1 N–H and O–H groups in total. The van der Waals surface area contributed by atoms with Crippen LogP contribution in [0.15, 0.2) is 17.3 Å². The summed E-state index contributed by atoms with van der Waals surface area (Å²) in [6, 6.07) is 0.209. The Kier molecular flexibility index (Phi) is 4.86. The Balaban J connectivity index is 1.59. The van der Waals surface area contributed by atoms with Gasteiger partial charge in [-0.25, -0.2) is 13.4 Å². The SMILES string of the molecule is Cn1cc(S(=O)(=O)N2CCC(Nc3nc(C(C)(C)C)ns3)CC2)cn1. The van der Waals surface area contributed by atoms with E-state index in [1.54, 1.807) is 7.05 Å². The minimum Gasteiger partial charge on any atom is -0.357 e. The Morgan fingerprint density at radius 2 is 1.96 bits per heavy atom. The molecule has 0 saturated carbocycles. The van der Waals surface area contributed by atoms with Crippen LogP contribution < -0.4 is 5.32 Å². The van der Waals surface area contributed by atoms with E-state index in [4.69, 9.17) is 0 Å². The minimum absolute atomic E-state index is 0.0718. The molecule has 0 atom stereocenters. The van der Waals surface area contributed by atoms with Gasteiger partial charge in [-0.1, -0.05) is 20.8 Å². The summed E-state index contributed by atoms with van der Waals surface area (Å²) in [5.41, 5.74) is -0.0718. The van der Waals surface area contributed by atoms with Crippen LogP contribution in [0.25, 0.3) is 0 Å². The highest BCUT2D eigenvalue weighted by Gasteiger charge is 2.30. The van der Waals surface area contributed by atoms with Crippen LogP contribution in [0.2, 0.25) is 0 Å². The molecular weight excluding hydrogens is 360 g/mol. The summed E-state index contributed by atoms with van der Waals surface area (Å²) in [6.45, 7) is 7.22. The van der Waals surface area contributed by atoms with Gasteiger partial charge >= 0.3 is 0 Å². The fourth-order valence-corrected chi connectivity index (χ4v) is 4.97. The molecule has 1 fully saturated rings. The molecule has 2 aromatic rings. The summed E-state index contributed by atoms with van der Waals surface area (Å²) in [5.74, 6) is 0.830. The van der Waals surface area contributed by atoms with E-state index in [1.165, 1.54) is 32.9 Å². The van der Waals surface area contributed by atoms with Crippen molar-refractivity contribution in [3.8, 4) is 0 Å². The number of rotatable bonds is 4. The Labute approximate surface area is 152 Å². The van der Waals surface area contributed by atoms with Gasteiger partial charge < -0.3 is 5.32 Å². The normalized spacial score (nSPS) is 17.8. The summed E-state index contributed by atoms with van der Waals surface area (Å²) in [7, 11) is -1.74. The molecule has 0 aromatic carbocycles. The highest BCUT2D eigenvalue weighted by Crippen LogP contribution is 2.26. The van der Waals surface area contributed by atoms with Crippen LogP contribution in [0.1, 0.15) is 39.4 Å². The van der Waals surface area contributed by atoms with Crippen molar-refractivity contribution < 1.29 is 8.42 Å². The average molecular weight is 385 g/mol. The summed E-state index contributed by atoms with van der Waals surface area (Å²) in [5, 5.41) is 8.16. The summed E-state index contributed by atoms with van der Waals surface area (Å²) >= 11 is 1.36. The van der Waals surface area contributed by atoms with E-state index >= 15 is 0 Å². The van der Waals surface area contributed by atoms with E-state index in [0.717, 1.165) is 23.8 Å². The van der Waals surface area contributed by atoms with Gasteiger partial charge in [-0.05, 0) is 12.8 Å². The third-order valence-electron chi connectivity index (χ3n) is 4.20. The molecule has 0 unspecified atom stereocenters. The zero-order chi connectivity index (χ0) is 18.2. The average Bonchev–Trinajstić information content (AvgIpc) is 3.17. The molecule has 2 aromatic heterocycles. The van der Waals surface area contributed by atoms with E-state index in [0.29, 0.717) is 13.1 Å². The van der Waals surface area contributed by atoms with Crippen LogP contribution in [0, 0.1) is 0 Å². The molecule has 0 bridgehead atoms. The second kappa shape index (κ2) is 6.65. The van der Waals surface area contributed by atoms with Gasteiger partial charge in [-0.2, -0.15) is 13.8 Å². The Morgan fingerprint density at radius 1 is 1.28 bits per heavy atom. The van der Waals surface area contributed by atoms with Crippen molar-refractivity contribution in [2.24, 2.45) is 7.05 Å². The number of sulfonamides is 1. The lowest BCUT2D eigenvalue weighted by Crippen LogP contribution is -2.42. The maximum atomic E-state index is 12.6. The number of hydrogen-bond acceptors (Lipinski definition) is 7. The van der Waals surface area contributed by atoms with E-state index < -0.39 is 10.0 Å². The van der Waals surface area contributed by atoms with Crippen molar-refractivity contribution >= 4 is 26.7 Å². The molecule has 0 amide bonds. The van der Waals surface area contributed by atoms with Gasteiger partial charge in [-0.3, -0.25) is 4.68 Å². The number of nitrogens with one attached hydrogen (secondary N) is 1. The highest BCUT2D eigenvalue weighted by molar-refractivity contribution is 7.89. The number of aromatic nitrogens is 4. The Hall–Kier alpha value is -1.52. The minimum atomic E-state index is -3.46. The Morgan fingerprint density at radius 3 is 2.48 bits per heavy atom. The maximum Gasteiger partial charge on any atom is 0.246 e. The number of nitrogens with zero attached hydrogens (tertiary/aromatic N) is 5. The van der Waals surface area contributed by atoms with Crippen molar-refractivity contribution in [3.63, 3.8) is 0 Å². The lowest BCUT2D eigenvalue weighted by Gasteiger charge is -2.31. The Bertz CT molecular complexity index is 828. The fourth-order valence-electron chi connectivity index (χ4n) is 2.68. The molecule has 3 rings (SSSR count). The fraction of sp³-hybridized carbons (Fsp3) is 0.667. The second-order valence-electron chi connectivity index (χ2n) is 7.35. The molecule has 0 spiro atoms. The van der Waals surface area contributed by atoms with Crippen LogP contribution in [0.5, 0.6) is 0 Å². The predicted molar refractivity (Wildman–Crippen MR) is 97.2 cm³/mol. The van der Waals surface area contributed by atoms with Crippen molar-refractivity contribution in [1.82, 2.24) is 23.4 Å². The van der Waals surface area contributed by atoms with Gasteiger partial charge in [0.2, 0.25) is 15.2 Å². The van der Waals surface area contributed by atoms with Crippen LogP contribution in [-0.2, 0) is 22.5 Å². The van der Waals surface area contributed by atoms with Crippen LogP contribution in [-0.4, -0.2) is 51.0 Å². The van der Waals surface area contributed by atoms with Crippen LogP contribution in [0.4, 0.5) is 5.13 Å². The van der Waals surface area contributed by atoms with E-state index in [-0.39, 0.29) is 16.4 Å². The lowest BCUT2D eigenvalue weighted by atomic mass is 9.96. The molecular formula is C15H24N6O2S2. The second-order valence-corrected chi connectivity index (χ2v) is 10.0. The summed E-state index contributed by atoms with van der Waals surface area (Å²) in [6.07, 6.45) is 4.41. The van der Waals surface area contributed by atoms with Gasteiger partial charge in [0.15, 0.2) is 0 Å². The van der Waals surface area contributed by atoms with Gasteiger partial charge in [0.1, 0.15) is 10.7 Å². The first-order valence-corrected chi connectivity index (χ1v) is 10.5. The largest absolute Gasteiger partial charge is 0.357 e. The third-order valence-corrected chi connectivity index (χ3v) is 6.70. The maximum absolute atomic E-state index is 12.6. The molecule has 0 aliphatic carbocycles. The first-order valence-electron chi connectivity index (χ1n) is 8.26. The molecule has 1 aliphatic rings. The topological polar surface area (TPSA) is 93.0 Å². The predicted octanol–water partition coefficient (Wildman–Crippen LogP) is 1.83. The molecule has 0 radical (unpaired) electrons. The summed E-state index contributed by atoms with van der Waals surface area (Å²) < 4.78 is 32.7. The summed E-state index contributed by atoms with van der Waals surface area (Å²) in [4.78, 5) is 4.80. The number of anilines is 1. The smallest absolute Gasteiger partial charge is 0.246 e. The molecule has 25 heavy (non-hydrogen) atoms. The van der Waals surface area contributed by atoms with E-state index in [9.17, 15) is 8.42 Å². The molecule has 138 valence electrons. The number of hydrogen-bond donors (Lipinski definition) is 1. The third kappa shape index (κ3) is 4.01. The van der Waals surface area contributed by atoms with Crippen molar-refractivity contribution in [1.29, 1.82) is 0 Å². The first-order chi connectivity index (χ1) is 11.7. The zero-order valence-electron chi connectivity index (χ0n) is 14.9. The number of piperidine rings is 1. The zero-order valence-corrected chi connectivity index (χ0v) is 16.6. The first kappa shape index (κ1) is 18.3. The molecule has 1 aliphatic heterocycles. The highest BCUT2D eigenvalue weighted by atomic mass is 32.2. The van der Waals surface area contributed by atoms with Crippen molar-refractivity contribution in [3.05, 3.63) is 18.2 Å².